The molecular formula is C12H11ClO2. The van der Waals surface area contributed by atoms with Crippen LogP contribution in [0.2, 0.25) is 0 Å². The summed E-state index contributed by atoms with van der Waals surface area (Å²) in [5.41, 5.74) is 2.66. The molecule has 1 aromatic carbocycles. The first kappa shape index (κ1) is 10.2. The van der Waals surface area contributed by atoms with Gasteiger partial charge < -0.3 is 4.74 Å². The number of cyclic esters (lactones) is 1. The quantitative estimate of drug-likeness (QED) is 0.581. The molecule has 1 heterocycles. The second-order valence-electron chi connectivity index (χ2n) is 3.37. The molecule has 1 aromatic rings. The second kappa shape index (κ2) is 4.49. The van der Waals surface area contributed by atoms with Crippen LogP contribution in [0, 0.1) is 0 Å². The highest BCUT2D eigenvalue weighted by molar-refractivity contribution is 6.17. The van der Waals surface area contributed by atoms with E-state index in [-0.39, 0.29) is 5.97 Å². The first-order valence-electron chi connectivity index (χ1n) is 4.84. The van der Waals surface area contributed by atoms with E-state index >= 15 is 0 Å². The van der Waals surface area contributed by atoms with Gasteiger partial charge in [-0.2, -0.15) is 0 Å². The summed E-state index contributed by atoms with van der Waals surface area (Å²) in [7, 11) is 0. The fraction of sp³-hybridized carbons (Fsp3) is 0.250. The van der Waals surface area contributed by atoms with Gasteiger partial charge in [-0.1, -0.05) is 24.3 Å². The highest BCUT2D eigenvalue weighted by atomic mass is 35.5. The molecule has 0 saturated carbocycles. The molecule has 1 aliphatic rings. The lowest BCUT2D eigenvalue weighted by atomic mass is 10.1. The fourth-order valence-corrected chi connectivity index (χ4v) is 1.64. The number of fused-ring (bicyclic) bond motifs is 1. The number of hydrogen-bond donors (Lipinski definition) is 0. The average Bonchev–Trinajstić information content (AvgIpc) is 2.61. The van der Waals surface area contributed by atoms with Crippen molar-refractivity contribution in [1.82, 2.24) is 0 Å². The van der Waals surface area contributed by atoms with Gasteiger partial charge in [-0.25, -0.2) is 4.79 Å². The molecule has 0 saturated heterocycles. The van der Waals surface area contributed by atoms with E-state index in [9.17, 15) is 4.79 Å². The molecule has 0 fully saturated rings. The van der Waals surface area contributed by atoms with Crippen LogP contribution in [0.3, 0.4) is 0 Å². The van der Waals surface area contributed by atoms with E-state index in [1.807, 2.05) is 30.4 Å². The number of allylic oxidation sites excluding steroid dienone is 1. The molecular weight excluding hydrogens is 212 g/mol. The third-order valence-corrected chi connectivity index (χ3v) is 2.52. The van der Waals surface area contributed by atoms with Gasteiger partial charge in [-0.15, -0.1) is 11.6 Å². The van der Waals surface area contributed by atoms with Crippen LogP contribution in [0.25, 0.3) is 6.08 Å². The lowest BCUT2D eigenvalue weighted by Crippen LogP contribution is -1.93. The van der Waals surface area contributed by atoms with Crippen LogP contribution in [0.1, 0.15) is 27.9 Å². The zero-order chi connectivity index (χ0) is 10.7. The van der Waals surface area contributed by atoms with E-state index < -0.39 is 0 Å². The highest BCUT2D eigenvalue weighted by Crippen LogP contribution is 2.21. The normalized spacial score (nSPS) is 14.3. The lowest BCUT2D eigenvalue weighted by molar-refractivity contribution is 0.0535. The zero-order valence-corrected chi connectivity index (χ0v) is 8.96. The summed E-state index contributed by atoms with van der Waals surface area (Å²) < 4.78 is 4.92. The predicted molar refractivity (Wildman–Crippen MR) is 59.9 cm³/mol. The molecule has 15 heavy (non-hydrogen) atoms. The fourth-order valence-electron chi connectivity index (χ4n) is 1.52. The van der Waals surface area contributed by atoms with Crippen molar-refractivity contribution >= 4 is 23.6 Å². The summed E-state index contributed by atoms with van der Waals surface area (Å²) in [5, 5.41) is 0. The number of ether oxygens (including phenoxy) is 1. The topological polar surface area (TPSA) is 26.3 Å². The number of alkyl halides is 1. The Morgan fingerprint density at radius 3 is 3.13 bits per heavy atom. The van der Waals surface area contributed by atoms with Crippen molar-refractivity contribution in [2.45, 2.75) is 13.0 Å². The van der Waals surface area contributed by atoms with Crippen LogP contribution in [0.5, 0.6) is 0 Å². The first-order valence-corrected chi connectivity index (χ1v) is 5.37. The molecule has 78 valence electrons. The molecule has 0 atom stereocenters. The number of carbonyl (C=O) groups excluding carboxylic acids is 1. The van der Waals surface area contributed by atoms with Gasteiger partial charge in [0.2, 0.25) is 0 Å². The summed E-state index contributed by atoms with van der Waals surface area (Å²) in [4.78, 5) is 11.3. The molecule has 0 unspecified atom stereocenters. The van der Waals surface area contributed by atoms with Gasteiger partial charge in [0.15, 0.2) is 0 Å². The van der Waals surface area contributed by atoms with E-state index in [0.29, 0.717) is 18.1 Å². The van der Waals surface area contributed by atoms with Gasteiger partial charge in [0.25, 0.3) is 0 Å². The van der Waals surface area contributed by atoms with Crippen LogP contribution in [0.4, 0.5) is 0 Å². The molecule has 0 aromatic heterocycles. The Morgan fingerprint density at radius 1 is 1.47 bits per heavy atom. The van der Waals surface area contributed by atoms with Crippen molar-refractivity contribution in [1.29, 1.82) is 0 Å². The zero-order valence-electron chi connectivity index (χ0n) is 8.20. The van der Waals surface area contributed by atoms with E-state index in [0.717, 1.165) is 17.5 Å². The standard InChI is InChI=1S/C12H11ClO2/c13-6-2-1-3-9-4-5-10-8-15-12(14)11(10)7-9/h1,3-5,7H,2,6,8H2. The number of benzene rings is 1. The van der Waals surface area contributed by atoms with E-state index in [1.54, 1.807) is 0 Å². The van der Waals surface area contributed by atoms with Crippen molar-refractivity contribution in [2.75, 3.05) is 5.88 Å². The maximum Gasteiger partial charge on any atom is 0.338 e. The number of carbonyl (C=O) groups is 1. The van der Waals surface area contributed by atoms with Crippen molar-refractivity contribution in [2.24, 2.45) is 0 Å². The maximum atomic E-state index is 11.3. The Balaban J connectivity index is 2.22. The minimum absolute atomic E-state index is 0.224. The molecule has 0 N–H and O–H groups in total. The third kappa shape index (κ3) is 2.21. The molecule has 0 radical (unpaired) electrons. The second-order valence-corrected chi connectivity index (χ2v) is 3.75. The van der Waals surface area contributed by atoms with Gasteiger partial charge in [0, 0.05) is 11.4 Å². The Hall–Kier alpha value is -1.28. The number of halogens is 1. The lowest BCUT2D eigenvalue weighted by Gasteiger charge is -1.96. The molecule has 3 heteroatoms. The number of esters is 1. The summed E-state index contributed by atoms with van der Waals surface area (Å²) >= 11 is 5.56. The van der Waals surface area contributed by atoms with E-state index in [1.165, 1.54) is 0 Å². The Bertz CT molecular complexity index is 410. The van der Waals surface area contributed by atoms with E-state index in [4.69, 9.17) is 16.3 Å². The van der Waals surface area contributed by atoms with Crippen LogP contribution < -0.4 is 0 Å². The molecule has 0 bridgehead atoms. The molecule has 0 amide bonds. The van der Waals surface area contributed by atoms with Crippen molar-refractivity contribution < 1.29 is 9.53 Å². The number of hydrogen-bond acceptors (Lipinski definition) is 2. The Morgan fingerprint density at radius 2 is 2.33 bits per heavy atom. The van der Waals surface area contributed by atoms with Crippen LogP contribution in [0.15, 0.2) is 24.3 Å². The van der Waals surface area contributed by atoms with Crippen molar-refractivity contribution in [3.63, 3.8) is 0 Å². The van der Waals surface area contributed by atoms with Crippen LogP contribution >= 0.6 is 11.6 Å². The van der Waals surface area contributed by atoms with Gasteiger partial charge in [-0.3, -0.25) is 0 Å². The summed E-state index contributed by atoms with van der Waals surface area (Å²) in [6.45, 7) is 0.403. The summed E-state index contributed by atoms with van der Waals surface area (Å²) in [6.07, 6.45) is 4.80. The minimum atomic E-state index is -0.224. The molecule has 0 aliphatic carbocycles. The molecule has 0 spiro atoms. The molecule has 2 rings (SSSR count). The van der Waals surface area contributed by atoms with Gasteiger partial charge in [0.05, 0.1) is 5.56 Å². The smallest absolute Gasteiger partial charge is 0.338 e. The molecule has 1 aliphatic heterocycles. The molecule has 2 nitrogen and oxygen atoms in total. The Kier molecular flexibility index (Phi) is 3.07. The SMILES string of the molecule is O=C1OCc2ccc(C=CCCCl)cc21. The van der Waals surface area contributed by atoms with E-state index in [2.05, 4.69) is 0 Å². The summed E-state index contributed by atoms with van der Waals surface area (Å²) in [5.74, 6) is 0.390. The summed E-state index contributed by atoms with van der Waals surface area (Å²) in [6, 6.07) is 5.77. The first-order chi connectivity index (χ1) is 7.31. The van der Waals surface area contributed by atoms with Crippen molar-refractivity contribution in [3.05, 3.63) is 41.0 Å². The Labute approximate surface area is 93.5 Å². The van der Waals surface area contributed by atoms with Crippen molar-refractivity contribution in [3.8, 4) is 0 Å². The third-order valence-electron chi connectivity index (χ3n) is 2.30. The predicted octanol–water partition coefficient (Wildman–Crippen LogP) is 3.00. The van der Waals surface area contributed by atoms with Gasteiger partial charge in [0.1, 0.15) is 6.61 Å². The monoisotopic (exact) mass is 222 g/mol. The maximum absolute atomic E-state index is 11.3. The van der Waals surface area contributed by atoms with Gasteiger partial charge in [-0.05, 0) is 18.1 Å². The van der Waals surface area contributed by atoms with Gasteiger partial charge >= 0.3 is 5.97 Å². The number of rotatable bonds is 3. The van der Waals surface area contributed by atoms with Crippen LogP contribution in [-0.2, 0) is 11.3 Å². The average molecular weight is 223 g/mol. The largest absolute Gasteiger partial charge is 0.457 e. The van der Waals surface area contributed by atoms with Crippen LogP contribution in [-0.4, -0.2) is 11.8 Å². The highest BCUT2D eigenvalue weighted by Gasteiger charge is 2.20. The minimum Gasteiger partial charge on any atom is -0.457 e.